The summed E-state index contributed by atoms with van der Waals surface area (Å²) in [5.41, 5.74) is -4.45. The van der Waals surface area contributed by atoms with Crippen molar-refractivity contribution in [3.63, 3.8) is 0 Å². The fraction of sp³-hybridized carbons (Fsp3) is 0.271. The Bertz CT molecular complexity index is 3240. The summed E-state index contributed by atoms with van der Waals surface area (Å²) in [5, 5.41) is 0.714. The molecule has 0 unspecified atom stereocenters. The fourth-order valence-electron chi connectivity index (χ4n) is 6.59. The molecule has 0 saturated carbocycles. The van der Waals surface area contributed by atoms with Crippen LogP contribution in [0.4, 0.5) is 31.5 Å². The summed E-state index contributed by atoms with van der Waals surface area (Å²) in [6.07, 6.45) is 2.77. The maximum Gasteiger partial charge on any atom is 2.00 e. The van der Waals surface area contributed by atoms with Crippen LogP contribution < -0.4 is 9.15 Å². The largest absolute Gasteiger partial charge is 2.00 e. The fourth-order valence-corrected chi connectivity index (χ4v) is 6.59. The summed E-state index contributed by atoms with van der Waals surface area (Å²) in [4.78, 5) is 9.24. The maximum absolute atomic E-state index is 17.5. The number of alkyl halides is 2. The smallest absolute Gasteiger partial charge is 0.380 e. The molecule has 0 atom stereocenters. The van der Waals surface area contributed by atoms with Gasteiger partial charge in [0.1, 0.15) is 11.5 Å². The van der Waals surface area contributed by atoms with Gasteiger partial charge in [-0.15, -0.1) is 11.6 Å². The van der Waals surface area contributed by atoms with E-state index >= 15 is 8.78 Å². The van der Waals surface area contributed by atoms with Gasteiger partial charge in [0.15, 0.2) is 0 Å². The number of fused-ring (bicyclic) bond motifs is 4. The zero-order valence-corrected chi connectivity index (χ0v) is 33.7. The summed E-state index contributed by atoms with van der Waals surface area (Å²) < 4.78 is 149. The molecule has 8 heteroatoms. The molecule has 0 fully saturated rings. The molecule has 0 spiro atoms. The van der Waals surface area contributed by atoms with E-state index in [2.05, 4.69) is 48.9 Å². The molecule has 0 saturated heterocycles. The van der Waals surface area contributed by atoms with Gasteiger partial charge in [-0.3, -0.25) is 0 Å². The number of hydrogen-bond acceptors (Lipinski definition) is 2. The molecule has 3 aromatic heterocycles. The molecular formula is C48H45F2N5Pt+2. The number of para-hydroxylation sites is 3. The minimum atomic E-state index is -3.87. The predicted octanol–water partition coefficient (Wildman–Crippen LogP) is 12.1. The molecular weight excluding hydrogens is 880 g/mol. The van der Waals surface area contributed by atoms with Gasteiger partial charge in [0.25, 0.3) is 17.3 Å². The van der Waals surface area contributed by atoms with E-state index in [0.29, 0.717) is 27.8 Å². The number of benzene rings is 4. The van der Waals surface area contributed by atoms with Crippen LogP contribution >= 0.6 is 0 Å². The van der Waals surface area contributed by atoms with Crippen molar-refractivity contribution in [1.82, 2.24) is 23.7 Å². The Balaban J connectivity index is 0.00000703. The van der Waals surface area contributed by atoms with E-state index in [4.69, 9.17) is 17.8 Å². The standard InChI is InChI=1S/C48H45F2N5.Pt/c1-45(2,3)31-18-20-36(21-19-31)53-30-54(41-17-13-12-16-40(41)53)37-25-33(47(7,8)9)24-34(26-37)48(49,50)35-27-42-44(52-29-35)38-14-10-11-15-39(38)55(42)43-28-32(22-23-51-43)46(4,5)6;/h10-25,28-29H,1-9H3;/q;+2/i1D3,2D3,3D3,18D,19D,20D,21D;. The van der Waals surface area contributed by atoms with Gasteiger partial charge >= 0.3 is 27.1 Å². The Labute approximate surface area is 360 Å². The van der Waals surface area contributed by atoms with Crippen molar-refractivity contribution in [1.29, 1.82) is 0 Å². The average molecular weight is 938 g/mol. The van der Waals surface area contributed by atoms with Gasteiger partial charge in [-0.2, -0.15) is 6.07 Å². The van der Waals surface area contributed by atoms with Crippen molar-refractivity contribution >= 4 is 50.7 Å². The molecule has 284 valence electrons. The van der Waals surface area contributed by atoms with Crippen LogP contribution in [0.15, 0.2) is 109 Å². The van der Waals surface area contributed by atoms with Crippen LogP contribution in [0.1, 0.15) is 108 Å². The van der Waals surface area contributed by atoms with E-state index in [-0.39, 0.29) is 49.1 Å². The molecule has 8 rings (SSSR count). The number of hydrogen-bond donors (Lipinski definition) is 0. The van der Waals surface area contributed by atoms with Gasteiger partial charge in [0.05, 0.1) is 5.48 Å². The summed E-state index contributed by atoms with van der Waals surface area (Å²) in [6.45, 7) is 0.101. The van der Waals surface area contributed by atoms with Gasteiger partial charge in [-0.05, 0) is 66.6 Å². The minimum absolute atomic E-state index is 0. The van der Waals surface area contributed by atoms with E-state index in [1.54, 1.807) is 35.0 Å². The molecule has 0 amide bonds. The maximum atomic E-state index is 17.5. The van der Waals surface area contributed by atoms with Crippen LogP contribution in [-0.4, -0.2) is 20.5 Å². The Morgan fingerprint density at radius 1 is 0.714 bits per heavy atom. The summed E-state index contributed by atoms with van der Waals surface area (Å²) >= 11 is 0. The van der Waals surface area contributed by atoms with Crippen molar-refractivity contribution in [2.75, 3.05) is 0 Å². The van der Waals surface area contributed by atoms with Crippen LogP contribution in [0.3, 0.4) is 0 Å². The minimum Gasteiger partial charge on any atom is -0.380 e. The zero-order valence-electron chi connectivity index (χ0n) is 44.4. The first-order chi connectivity index (χ1) is 31.3. The SMILES string of the molecule is [2H]c1c([2H])c(C(C([2H])([2H])[2H])(C([2H])([2H])[2H])C([2H])([2H])[2H])c([2H])c([2H])c1[N+]1=C=[N+](c2[c-]c(C(F)(F)c3[c-]c4c(nc3)c3ccccc3n4-c3cc(C(C)(C)C)ccn3)cc(C(C)(C)C)c2)c2ccccc21.[Pt+2]. The molecule has 7 aromatic rings. The monoisotopic (exact) mass is 937 g/mol. The second-order valence-electron chi connectivity index (χ2n) is 15.7. The van der Waals surface area contributed by atoms with Gasteiger partial charge < -0.3 is 9.55 Å². The number of aromatic nitrogens is 3. The van der Waals surface area contributed by atoms with E-state index < -0.39 is 83.9 Å². The predicted molar refractivity (Wildman–Crippen MR) is 220 cm³/mol. The van der Waals surface area contributed by atoms with Gasteiger partial charge in [0.2, 0.25) is 5.69 Å². The van der Waals surface area contributed by atoms with Crippen molar-refractivity contribution in [3.05, 3.63) is 149 Å². The van der Waals surface area contributed by atoms with Crippen LogP contribution in [-0.2, 0) is 43.2 Å². The molecule has 1 aliphatic rings. The number of rotatable bonds is 5. The van der Waals surface area contributed by atoms with E-state index in [9.17, 15) is 0 Å². The second-order valence-corrected chi connectivity index (χ2v) is 15.7. The molecule has 0 radical (unpaired) electrons. The quantitative estimate of drug-likeness (QED) is 0.127. The number of halogens is 2. The normalized spacial score (nSPS) is 17.5. The molecule has 0 N–H and O–H groups in total. The van der Waals surface area contributed by atoms with Crippen LogP contribution in [0.2, 0.25) is 0 Å². The van der Waals surface area contributed by atoms with E-state index in [0.717, 1.165) is 16.3 Å². The Kier molecular flexibility index (Phi) is 6.41. The first-order valence-corrected chi connectivity index (χ1v) is 17.7. The van der Waals surface area contributed by atoms with Crippen LogP contribution in [0.25, 0.3) is 27.8 Å². The molecule has 0 aliphatic carbocycles. The number of nitrogens with zero attached hydrogens (tertiary/aromatic N) is 5. The summed E-state index contributed by atoms with van der Waals surface area (Å²) in [6, 6.07) is 25.1. The topological polar surface area (TPSA) is 36.7 Å². The van der Waals surface area contributed by atoms with Gasteiger partial charge in [-0.25, -0.2) is 13.8 Å². The Morgan fingerprint density at radius 3 is 2.05 bits per heavy atom. The van der Waals surface area contributed by atoms with Crippen molar-refractivity contribution in [2.24, 2.45) is 0 Å². The van der Waals surface area contributed by atoms with Gasteiger partial charge in [-0.1, -0.05) is 139 Å². The molecule has 0 bridgehead atoms. The molecule has 4 heterocycles. The molecule has 56 heavy (non-hydrogen) atoms. The zero-order chi connectivity index (χ0) is 50.1. The summed E-state index contributed by atoms with van der Waals surface area (Å²) in [7, 11) is 0. The number of pyridine rings is 2. The Morgan fingerprint density at radius 2 is 1.38 bits per heavy atom. The van der Waals surface area contributed by atoms with E-state index in [1.807, 2.05) is 57.2 Å². The average Bonchev–Trinajstić information content (AvgIpc) is 3.78. The Hall–Kier alpha value is -5.09. The van der Waals surface area contributed by atoms with Crippen LogP contribution in [0.5, 0.6) is 0 Å². The third-order valence-electron chi connectivity index (χ3n) is 9.68. The van der Waals surface area contributed by atoms with Gasteiger partial charge in [0, 0.05) is 48.3 Å². The summed E-state index contributed by atoms with van der Waals surface area (Å²) in [5.74, 6) is -3.28. The van der Waals surface area contributed by atoms with Crippen LogP contribution in [0, 0.1) is 12.1 Å². The molecule has 5 nitrogen and oxygen atoms in total. The van der Waals surface area contributed by atoms with Crippen molar-refractivity contribution in [2.45, 2.75) is 84.3 Å². The third kappa shape index (κ3) is 6.86. The third-order valence-corrected chi connectivity index (χ3v) is 9.68. The second kappa shape index (κ2) is 13.8. The molecule has 1 aliphatic heterocycles. The molecule has 4 aromatic carbocycles. The first-order valence-electron chi connectivity index (χ1n) is 24.2. The first kappa shape index (κ1) is 25.9. The van der Waals surface area contributed by atoms with Crippen molar-refractivity contribution in [3.8, 4) is 5.82 Å². The van der Waals surface area contributed by atoms with E-state index in [1.165, 1.54) is 16.7 Å². The van der Waals surface area contributed by atoms with Crippen molar-refractivity contribution < 1.29 is 47.7 Å².